The van der Waals surface area contributed by atoms with E-state index >= 15 is 0 Å². The van der Waals surface area contributed by atoms with Gasteiger partial charge < -0.3 is 10.3 Å². The molecule has 0 saturated carbocycles. The lowest BCUT2D eigenvalue weighted by Gasteiger charge is -2.09. The normalized spacial score (nSPS) is 10.9. The molecule has 2 rings (SSSR count). The van der Waals surface area contributed by atoms with Crippen LogP contribution in [0.25, 0.3) is 0 Å². The van der Waals surface area contributed by atoms with Crippen LogP contribution < -0.4 is 11.2 Å². The molecule has 0 unspecified atom stereocenters. The molecule has 0 fully saturated rings. The Hall–Kier alpha value is -1.56. The number of rotatable bonds is 4. The second-order valence-electron chi connectivity index (χ2n) is 4.31. The minimum absolute atomic E-state index is 0.145. The summed E-state index contributed by atoms with van der Waals surface area (Å²) in [6.07, 6.45) is 4.28. The third-order valence-electron chi connectivity index (χ3n) is 3.03. The maximum atomic E-state index is 11.3. The third-order valence-corrected chi connectivity index (χ3v) is 3.95. The van der Waals surface area contributed by atoms with Gasteiger partial charge in [-0.25, -0.2) is 0 Å². The van der Waals surface area contributed by atoms with Gasteiger partial charge in [0.25, 0.3) is 0 Å². The summed E-state index contributed by atoms with van der Waals surface area (Å²) in [6, 6.07) is 1.48. The number of aromatic nitrogens is 3. The van der Waals surface area contributed by atoms with Gasteiger partial charge in [0, 0.05) is 25.0 Å². The summed E-state index contributed by atoms with van der Waals surface area (Å²) >= 11 is 3.60. The molecular weight excluding hydrogens is 308 g/mol. The molecule has 0 aromatic carbocycles. The molecule has 0 spiro atoms. The summed E-state index contributed by atoms with van der Waals surface area (Å²) in [5, 5.41) is 4.55. The Bertz CT molecular complexity index is 645. The van der Waals surface area contributed by atoms with E-state index < -0.39 is 0 Å². The molecule has 0 aliphatic rings. The first-order valence-corrected chi connectivity index (χ1v) is 7.05. The molecular formula is C13H17BrN4O. The van der Waals surface area contributed by atoms with Crippen LogP contribution in [0.3, 0.4) is 0 Å². The van der Waals surface area contributed by atoms with E-state index in [-0.39, 0.29) is 11.1 Å². The largest absolute Gasteiger partial charge is 0.394 e. The average molecular weight is 325 g/mol. The highest BCUT2D eigenvalue weighted by molar-refractivity contribution is 9.10. The van der Waals surface area contributed by atoms with Crippen LogP contribution in [0, 0.1) is 0 Å². The van der Waals surface area contributed by atoms with Gasteiger partial charge in [-0.1, -0.05) is 6.92 Å². The average Bonchev–Trinajstić information content (AvgIpc) is 2.70. The molecule has 0 bridgehead atoms. The van der Waals surface area contributed by atoms with Crippen LogP contribution >= 0.6 is 15.9 Å². The van der Waals surface area contributed by atoms with E-state index in [1.807, 2.05) is 9.25 Å². The van der Waals surface area contributed by atoms with Gasteiger partial charge in [-0.05, 0) is 29.3 Å². The summed E-state index contributed by atoms with van der Waals surface area (Å²) in [5.41, 5.74) is 7.90. The lowest BCUT2D eigenvalue weighted by atomic mass is 10.3. The lowest BCUT2D eigenvalue weighted by molar-refractivity contribution is 0.593. The van der Waals surface area contributed by atoms with Crippen LogP contribution in [0.15, 0.2) is 27.7 Å². The summed E-state index contributed by atoms with van der Waals surface area (Å²) in [7, 11) is 0. The molecule has 2 aromatic rings. The molecule has 19 heavy (non-hydrogen) atoms. The van der Waals surface area contributed by atoms with Crippen molar-refractivity contribution in [3.05, 3.63) is 44.5 Å². The van der Waals surface area contributed by atoms with E-state index in [2.05, 4.69) is 34.9 Å². The fourth-order valence-electron chi connectivity index (χ4n) is 1.98. The summed E-state index contributed by atoms with van der Waals surface area (Å²) in [6.45, 7) is 5.58. The number of aryl methyl sites for hydroxylation is 2. The fraction of sp³-hybridized carbons (Fsp3) is 0.385. The van der Waals surface area contributed by atoms with Gasteiger partial charge in [0.15, 0.2) is 0 Å². The molecule has 102 valence electrons. The lowest BCUT2D eigenvalue weighted by Crippen LogP contribution is -2.13. The van der Waals surface area contributed by atoms with Gasteiger partial charge in [-0.15, -0.1) is 0 Å². The fourth-order valence-corrected chi connectivity index (χ4v) is 2.67. The Kier molecular flexibility index (Phi) is 4.09. The topological polar surface area (TPSA) is 65.8 Å². The number of anilines is 1. The highest BCUT2D eigenvalue weighted by Gasteiger charge is 2.13. The molecule has 2 heterocycles. The minimum Gasteiger partial charge on any atom is -0.394 e. The first-order chi connectivity index (χ1) is 9.06. The predicted molar refractivity (Wildman–Crippen MR) is 79.2 cm³/mol. The quantitative estimate of drug-likeness (QED) is 0.935. The van der Waals surface area contributed by atoms with Crippen LogP contribution in [-0.2, 0) is 19.5 Å². The van der Waals surface area contributed by atoms with E-state index in [0.29, 0.717) is 6.54 Å². The molecule has 2 aromatic heterocycles. The summed E-state index contributed by atoms with van der Waals surface area (Å²) < 4.78 is 4.90. The number of hydrogen-bond donors (Lipinski definition) is 1. The SMILES string of the molecule is CCc1nn(CC)c(Cn2ccc(=O)c(N)c2)c1Br. The van der Waals surface area contributed by atoms with E-state index in [0.717, 1.165) is 28.8 Å². The van der Waals surface area contributed by atoms with Crippen LogP contribution in [-0.4, -0.2) is 14.3 Å². The van der Waals surface area contributed by atoms with E-state index in [1.165, 1.54) is 6.07 Å². The summed E-state index contributed by atoms with van der Waals surface area (Å²) in [4.78, 5) is 11.3. The Morgan fingerprint density at radius 3 is 2.74 bits per heavy atom. The van der Waals surface area contributed by atoms with Crippen LogP contribution in [0.1, 0.15) is 25.2 Å². The van der Waals surface area contributed by atoms with Crippen LogP contribution in [0.5, 0.6) is 0 Å². The minimum atomic E-state index is -0.145. The van der Waals surface area contributed by atoms with Crippen molar-refractivity contribution in [3.63, 3.8) is 0 Å². The monoisotopic (exact) mass is 324 g/mol. The van der Waals surface area contributed by atoms with E-state index in [9.17, 15) is 4.79 Å². The van der Waals surface area contributed by atoms with Gasteiger partial charge in [0.1, 0.15) is 0 Å². The molecule has 0 saturated heterocycles. The molecule has 6 heteroatoms. The maximum Gasteiger partial charge on any atom is 0.204 e. The van der Waals surface area contributed by atoms with Crippen molar-refractivity contribution in [1.29, 1.82) is 0 Å². The zero-order valence-corrected chi connectivity index (χ0v) is 12.6. The zero-order valence-electron chi connectivity index (χ0n) is 11.1. The van der Waals surface area contributed by atoms with Crippen molar-refractivity contribution in [2.45, 2.75) is 33.4 Å². The number of nitrogen functional groups attached to an aromatic ring is 1. The van der Waals surface area contributed by atoms with Crippen LogP contribution in [0.2, 0.25) is 0 Å². The van der Waals surface area contributed by atoms with E-state index in [1.54, 1.807) is 12.4 Å². The molecule has 0 amide bonds. The number of halogens is 1. The van der Waals surface area contributed by atoms with Crippen LogP contribution in [0.4, 0.5) is 5.69 Å². The number of pyridine rings is 1. The molecule has 0 radical (unpaired) electrons. The van der Waals surface area contributed by atoms with Gasteiger partial charge in [0.2, 0.25) is 5.43 Å². The van der Waals surface area contributed by atoms with Crippen molar-refractivity contribution in [3.8, 4) is 0 Å². The van der Waals surface area contributed by atoms with Crippen molar-refractivity contribution in [2.24, 2.45) is 0 Å². The number of hydrogen-bond acceptors (Lipinski definition) is 3. The molecule has 5 nitrogen and oxygen atoms in total. The Morgan fingerprint density at radius 2 is 2.16 bits per heavy atom. The van der Waals surface area contributed by atoms with E-state index in [4.69, 9.17) is 5.73 Å². The molecule has 0 atom stereocenters. The second-order valence-corrected chi connectivity index (χ2v) is 5.11. The van der Waals surface area contributed by atoms with Gasteiger partial charge >= 0.3 is 0 Å². The highest BCUT2D eigenvalue weighted by Crippen LogP contribution is 2.23. The Morgan fingerprint density at radius 1 is 1.42 bits per heavy atom. The van der Waals surface area contributed by atoms with Gasteiger partial charge in [-0.3, -0.25) is 9.48 Å². The maximum absolute atomic E-state index is 11.3. The predicted octanol–water partition coefficient (Wildman–Crippen LogP) is 2.02. The highest BCUT2D eigenvalue weighted by atomic mass is 79.9. The summed E-state index contributed by atoms with van der Waals surface area (Å²) in [5.74, 6) is 0. The Balaban J connectivity index is 2.39. The van der Waals surface area contributed by atoms with Gasteiger partial charge in [0.05, 0.1) is 28.1 Å². The smallest absolute Gasteiger partial charge is 0.204 e. The third kappa shape index (κ3) is 2.73. The zero-order chi connectivity index (χ0) is 14.0. The standard InChI is InChI=1S/C13H17BrN4O/c1-3-10-13(14)11(18(4-2)16-10)8-17-6-5-12(19)9(15)7-17/h5-7H,3-4,8,15H2,1-2H3. The van der Waals surface area contributed by atoms with Crippen molar-refractivity contribution in [1.82, 2.24) is 14.3 Å². The second kappa shape index (κ2) is 5.61. The first kappa shape index (κ1) is 13.9. The first-order valence-electron chi connectivity index (χ1n) is 6.26. The van der Waals surface area contributed by atoms with Gasteiger partial charge in [-0.2, -0.15) is 5.10 Å². The van der Waals surface area contributed by atoms with Crippen molar-refractivity contribution in [2.75, 3.05) is 5.73 Å². The number of nitrogens with two attached hydrogens (primary N) is 1. The number of nitrogens with zero attached hydrogens (tertiary/aromatic N) is 3. The van der Waals surface area contributed by atoms with Crippen molar-refractivity contribution >= 4 is 21.6 Å². The molecule has 2 N–H and O–H groups in total. The van der Waals surface area contributed by atoms with Crippen molar-refractivity contribution < 1.29 is 0 Å². The Labute approximate surface area is 120 Å². The molecule has 0 aliphatic carbocycles. The molecule has 0 aliphatic heterocycles.